The largest absolute Gasteiger partial charge is 0.396 e. The van der Waals surface area contributed by atoms with Crippen molar-refractivity contribution in [3.63, 3.8) is 0 Å². The van der Waals surface area contributed by atoms with Crippen LogP contribution in [-0.2, 0) is 0 Å². The number of aromatic nitrogens is 1. The lowest BCUT2D eigenvalue weighted by molar-refractivity contribution is 0.104. The molecule has 3 nitrogen and oxygen atoms in total. The van der Waals surface area contributed by atoms with E-state index in [2.05, 4.69) is 20.9 Å². The Morgan fingerprint density at radius 2 is 2.00 bits per heavy atom. The molecule has 3 N–H and O–H groups in total. The SMILES string of the molecule is Nc1cc(C(=O)c2c[nH]c3cc(Br)ccc23)ccc1F. The van der Waals surface area contributed by atoms with Crippen LogP contribution in [0.15, 0.2) is 47.1 Å². The molecule has 0 spiro atoms. The van der Waals surface area contributed by atoms with E-state index < -0.39 is 5.82 Å². The third-order valence-corrected chi connectivity index (χ3v) is 3.64. The normalized spacial score (nSPS) is 10.9. The van der Waals surface area contributed by atoms with E-state index in [1.54, 1.807) is 6.20 Å². The maximum Gasteiger partial charge on any atom is 0.195 e. The van der Waals surface area contributed by atoms with Crippen LogP contribution >= 0.6 is 15.9 Å². The quantitative estimate of drug-likeness (QED) is 0.552. The smallest absolute Gasteiger partial charge is 0.195 e. The number of carbonyl (C=O) groups excluding carboxylic acids is 1. The third-order valence-electron chi connectivity index (χ3n) is 3.15. The topological polar surface area (TPSA) is 58.9 Å². The molecule has 0 amide bonds. The van der Waals surface area contributed by atoms with Gasteiger partial charge in [-0.1, -0.05) is 22.0 Å². The first-order chi connectivity index (χ1) is 9.56. The van der Waals surface area contributed by atoms with Crippen LogP contribution in [0.5, 0.6) is 0 Å². The van der Waals surface area contributed by atoms with Gasteiger partial charge >= 0.3 is 0 Å². The Kier molecular flexibility index (Phi) is 3.06. The van der Waals surface area contributed by atoms with Crippen molar-refractivity contribution >= 4 is 38.3 Å². The van der Waals surface area contributed by atoms with Crippen molar-refractivity contribution in [1.82, 2.24) is 4.98 Å². The Morgan fingerprint density at radius 3 is 2.75 bits per heavy atom. The molecule has 0 aliphatic rings. The lowest BCUT2D eigenvalue weighted by Crippen LogP contribution is -2.02. The predicted octanol–water partition coefficient (Wildman–Crippen LogP) is 3.88. The number of aromatic amines is 1. The summed E-state index contributed by atoms with van der Waals surface area (Å²) < 4.78 is 14.1. The molecule has 0 unspecified atom stereocenters. The second-order valence-corrected chi connectivity index (χ2v) is 5.37. The van der Waals surface area contributed by atoms with Gasteiger partial charge in [0.1, 0.15) is 5.82 Å². The summed E-state index contributed by atoms with van der Waals surface area (Å²) in [5.41, 5.74) is 7.24. The zero-order valence-electron chi connectivity index (χ0n) is 10.3. The Hall–Kier alpha value is -2.14. The molecule has 0 radical (unpaired) electrons. The predicted molar refractivity (Wildman–Crippen MR) is 80.2 cm³/mol. The van der Waals surface area contributed by atoms with Gasteiger partial charge in [0.25, 0.3) is 0 Å². The average molecular weight is 333 g/mol. The maximum atomic E-state index is 13.2. The third kappa shape index (κ3) is 2.10. The number of benzene rings is 2. The molecule has 5 heteroatoms. The Bertz CT molecular complexity index is 826. The summed E-state index contributed by atoms with van der Waals surface area (Å²) in [6.07, 6.45) is 1.65. The van der Waals surface area contributed by atoms with E-state index in [4.69, 9.17) is 5.73 Å². The van der Waals surface area contributed by atoms with Crippen molar-refractivity contribution in [1.29, 1.82) is 0 Å². The minimum atomic E-state index is -0.524. The highest BCUT2D eigenvalue weighted by Crippen LogP contribution is 2.25. The summed E-state index contributed by atoms with van der Waals surface area (Å²) in [6.45, 7) is 0. The minimum Gasteiger partial charge on any atom is -0.396 e. The number of hydrogen-bond donors (Lipinski definition) is 2. The van der Waals surface area contributed by atoms with Gasteiger partial charge in [0.2, 0.25) is 0 Å². The van der Waals surface area contributed by atoms with Crippen molar-refractivity contribution < 1.29 is 9.18 Å². The minimum absolute atomic E-state index is 0.0292. The fourth-order valence-electron chi connectivity index (χ4n) is 2.13. The Morgan fingerprint density at radius 1 is 1.20 bits per heavy atom. The van der Waals surface area contributed by atoms with Gasteiger partial charge in [0.05, 0.1) is 5.69 Å². The molecule has 20 heavy (non-hydrogen) atoms. The van der Waals surface area contributed by atoms with Crippen molar-refractivity contribution in [2.24, 2.45) is 0 Å². The number of H-pyrrole nitrogens is 1. The van der Waals surface area contributed by atoms with Gasteiger partial charge < -0.3 is 10.7 Å². The molecule has 1 aromatic heterocycles. The average Bonchev–Trinajstić information content (AvgIpc) is 2.84. The Labute approximate surface area is 122 Å². The summed E-state index contributed by atoms with van der Waals surface area (Å²) >= 11 is 3.38. The molecule has 3 aromatic rings. The molecule has 0 aliphatic carbocycles. The molecule has 0 saturated carbocycles. The van der Waals surface area contributed by atoms with Gasteiger partial charge in [-0.3, -0.25) is 4.79 Å². The number of halogens is 2. The molecule has 0 atom stereocenters. The lowest BCUT2D eigenvalue weighted by atomic mass is 10.0. The second-order valence-electron chi connectivity index (χ2n) is 4.46. The molecular weight excluding hydrogens is 323 g/mol. The lowest BCUT2D eigenvalue weighted by Gasteiger charge is -2.02. The fourth-order valence-corrected chi connectivity index (χ4v) is 2.49. The van der Waals surface area contributed by atoms with Crippen LogP contribution in [0.1, 0.15) is 15.9 Å². The number of rotatable bonds is 2. The molecule has 100 valence electrons. The van der Waals surface area contributed by atoms with Crippen LogP contribution in [-0.4, -0.2) is 10.8 Å². The summed E-state index contributed by atoms with van der Waals surface area (Å²) in [4.78, 5) is 15.5. The first-order valence-electron chi connectivity index (χ1n) is 5.92. The maximum absolute atomic E-state index is 13.2. The van der Waals surface area contributed by atoms with Crippen molar-refractivity contribution in [2.75, 3.05) is 5.73 Å². The number of nitrogen functional groups attached to an aromatic ring is 1. The monoisotopic (exact) mass is 332 g/mol. The number of nitrogens with two attached hydrogens (primary N) is 1. The molecular formula is C15H10BrFN2O. The van der Waals surface area contributed by atoms with Crippen molar-refractivity contribution in [3.05, 3.63) is 64.0 Å². The van der Waals surface area contributed by atoms with Gasteiger partial charge in [-0.2, -0.15) is 0 Å². The van der Waals surface area contributed by atoms with Gasteiger partial charge in [-0.05, 0) is 30.3 Å². The fraction of sp³-hybridized carbons (Fsp3) is 0. The zero-order chi connectivity index (χ0) is 14.3. The second kappa shape index (κ2) is 4.76. The molecule has 1 heterocycles. The van der Waals surface area contributed by atoms with Crippen molar-refractivity contribution in [3.8, 4) is 0 Å². The number of anilines is 1. The highest BCUT2D eigenvalue weighted by Gasteiger charge is 2.15. The molecule has 0 fully saturated rings. The first-order valence-corrected chi connectivity index (χ1v) is 6.72. The number of carbonyl (C=O) groups is 1. The number of ketones is 1. The van der Waals surface area contributed by atoms with Gasteiger partial charge in [-0.25, -0.2) is 4.39 Å². The highest BCUT2D eigenvalue weighted by atomic mass is 79.9. The summed E-state index contributed by atoms with van der Waals surface area (Å²) in [5, 5.41) is 0.820. The van der Waals surface area contributed by atoms with E-state index >= 15 is 0 Å². The number of fused-ring (bicyclic) bond motifs is 1. The standard InChI is InChI=1S/C15H10BrFN2O/c16-9-2-3-10-11(7-19-14(10)6-9)15(20)8-1-4-12(17)13(18)5-8/h1-7,19H,18H2. The van der Waals surface area contributed by atoms with Gasteiger partial charge in [0.15, 0.2) is 5.78 Å². The van der Waals surface area contributed by atoms with Crippen LogP contribution in [0.25, 0.3) is 10.9 Å². The number of hydrogen-bond acceptors (Lipinski definition) is 2. The molecule has 0 bridgehead atoms. The van der Waals surface area contributed by atoms with E-state index in [9.17, 15) is 9.18 Å². The van der Waals surface area contributed by atoms with Crippen LogP contribution in [0.2, 0.25) is 0 Å². The van der Waals surface area contributed by atoms with Gasteiger partial charge in [0, 0.05) is 32.7 Å². The van der Waals surface area contributed by atoms with E-state index in [0.29, 0.717) is 11.1 Å². The Balaban J connectivity index is 2.10. The first kappa shape index (κ1) is 12.9. The van der Waals surface area contributed by atoms with E-state index in [-0.39, 0.29) is 11.5 Å². The summed E-state index contributed by atoms with van der Waals surface area (Å²) in [7, 11) is 0. The highest BCUT2D eigenvalue weighted by molar-refractivity contribution is 9.10. The summed E-state index contributed by atoms with van der Waals surface area (Å²) in [6, 6.07) is 9.61. The van der Waals surface area contributed by atoms with Crippen LogP contribution in [0.3, 0.4) is 0 Å². The zero-order valence-corrected chi connectivity index (χ0v) is 11.9. The van der Waals surface area contributed by atoms with E-state index in [1.165, 1.54) is 18.2 Å². The van der Waals surface area contributed by atoms with E-state index in [1.807, 2.05) is 18.2 Å². The molecule has 0 saturated heterocycles. The number of nitrogens with one attached hydrogen (secondary N) is 1. The van der Waals surface area contributed by atoms with Crippen LogP contribution in [0, 0.1) is 5.82 Å². The van der Waals surface area contributed by atoms with Crippen molar-refractivity contribution in [2.45, 2.75) is 0 Å². The molecule has 2 aromatic carbocycles. The summed E-state index contributed by atoms with van der Waals surface area (Å²) in [5.74, 6) is -0.713. The van der Waals surface area contributed by atoms with Crippen LogP contribution in [0.4, 0.5) is 10.1 Å². The van der Waals surface area contributed by atoms with E-state index in [0.717, 1.165) is 15.4 Å². The molecule has 0 aliphatic heterocycles. The van der Waals surface area contributed by atoms with Gasteiger partial charge in [-0.15, -0.1) is 0 Å². The van der Waals surface area contributed by atoms with Crippen LogP contribution < -0.4 is 5.73 Å². The molecule has 3 rings (SSSR count).